The van der Waals surface area contributed by atoms with Crippen molar-refractivity contribution in [2.75, 3.05) is 13.1 Å². The van der Waals surface area contributed by atoms with Crippen molar-refractivity contribution in [1.29, 1.82) is 0 Å². The van der Waals surface area contributed by atoms with E-state index in [0.717, 1.165) is 25.9 Å². The van der Waals surface area contributed by atoms with E-state index < -0.39 is 0 Å². The van der Waals surface area contributed by atoms with Crippen molar-refractivity contribution >= 4 is 11.9 Å². The number of esters is 1. The van der Waals surface area contributed by atoms with E-state index in [0.29, 0.717) is 23.7 Å². The quantitative estimate of drug-likeness (QED) is 0.659. The predicted molar refractivity (Wildman–Crippen MR) is 116 cm³/mol. The molecule has 5 rings (SSSR count). The Morgan fingerprint density at radius 2 is 1.90 bits per heavy atom. The summed E-state index contributed by atoms with van der Waals surface area (Å²) in [5, 5.41) is 0. The van der Waals surface area contributed by atoms with Crippen LogP contribution in [0.5, 0.6) is 0 Å². The second-order valence-corrected chi connectivity index (χ2v) is 11.8. The molecule has 2 unspecified atom stereocenters. The average Bonchev–Trinajstić information content (AvgIpc) is 3.19. The van der Waals surface area contributed by atoms with Gasteiger partial charge >= 0.3 is 5.97 Å². The number of carbonyl (C=O) groups excluding carboxylic acids is 2. The summed E-state index contributed by atoms with van der Waals surface area (Å²) >= 11 is 0. The van der Waals surface area contributed by atoms with E-state index in [4.69, 9.17) is 4.74 Å². The summed E-state index contributed by atoms with van der Waals surface area (Å²) < 4.78 is 5.34. The fourth-order valence-electron chi connectivity index (χ4n) is 6.58. The Labute approximate surface area is 180 Å². The van der Waals surface area contributed by atoms with E-state index in [1.54, 1.807) is 0 Å². The van der Waals surface area contributed by atoms with E-state index in [9.17, 15) is 9.59 Å². The smallest absolute Gasteiger partial charge is 0.306 e. The van der Waals surface area contributed by atoms with E-state index in [1.165, 1.54) is 30.4 Å². The molecule has 1 aromatic carbocycles. The van der Waals surface area contributed by atoms with Gasteiger partial charge in [0.15, 0.2) is 0 Å². The zero-order chi connectivity index (χ0) is 21.3. The average molecular weight is 410 g/mol. The van der Waals surface area contributed by atoms with E-state index in [1.807, 2.05) is 6.92 Å². The molecule has 4 fully saturated rings. The summed E-state index contributed by atoms with van der Waals surface area (Å²) in [5.74, 6) is 0.943. The van der Waals surface area contributed by atoms with Crippen LogP contribution in [0.4, 0.5) is 0 Å². The maximum Gasteiger partial charge on any atom is 0.306 e. The van der Waals surface area contributed by atoms with Gasteiger partial charge in [-0.25, -0.2) is 0 Å². The Morgan fingerprint density at radius 1 is 1.17 bits per heavy atom. The molecule has 4 aliphatic rings. The Morgan fingerprint density at radius 3 is 2.53 bits per heavy atom. The molecule has 162 valence electrons. The van der Waals surface area contributed by atoms with Crippen LogP contribution in [0.25, 0.3) is 0 Å². The summed E-state index contributed by atoms with van der Waals surface area (Å²) in [6, 6.07) is 9.15. The van der Waals surface area contributed by atoms with Crippen LogP contribution >= 0.6 is 0 Å². The Bertz CT molecular complexity index is 871. The molecule has 0 bridgehead atoms. The highest BCUT2D eigenvalue weighted by molar-refractivity contribution is 5.82. The van der Waals surface area contributed by atoms with Crippen molar-refractivity contribution in [3.63, 3.8) is 0 Å². The Balaban J connectivity index is 1.17. The molecular formula is C26H35NO3. The second kappa shape index (κ2) is 6.58. The first-order valence-electron chi connectivity index (χ1n) is 11.7. The van der Waals surface area contributed by atoms with Crippen LogP contribution in [0.1, 0.15) is 83.3 Å². The van der Waals surface area contributed by atoms with E-state index in [2.05, 4.69) is 49.9 Å². The molecule has 2 aliphatic carbocycles. The third-order valence-corrected chi connectivity index (χ3v) is 8.61. The summed E-state index contributed by atoms with van der Waals surface area (Å²) in [6.45, 7) is 10.7. The lowest BCUT2D eigenvalue weighted by atomic mass is 9.58. The van der Waals surface area contributed by atoms with Crippen LogP contribution in [-0.4, -0.2) is 36.0 Å². The van der Waals surface area contributed by atoms with Crippen molar-refractivity contribution in [2.24, 2.45) is 16.7 Å². The number of ether oxygens (including phenoxy) is 1. The predicted octanol–water partition coefficient (Wildman–Crippen LogP) is 4.81. The van der Waals surface area contributed by atoms with E-state index in [-0.39, 0.29) is 28.8 Å². The molecule has 0 N–H and O–H groups in total. The van der Waals surface area contributed by atoms with Gasteiger partial charge in [0.2, 0.25) is 5.91 Å². The zero-order valence-corrected chi connectivity index (χ0v) is 18.9. The van der Waals surface area contributed by atoms with Crippen molar-refractivity contribution in [1.82, 2.24) is 4.90 Å². The number of cyclic esters (lactones) is 1. The minimum absolute atomic E-state index is 0.0313. The third kappa shape index (κ3) is 3.18. The first-order valence-corrected chi connectivity index (χ1v) is 11.7. The summed E-state index contributed by atoms with van der Waals surface area (Å²) in [6.07, 6.45) is 5.79. The summed E-state index contributed by atoms with van der Waals surface area (Å²) in [7, 11) is 0. The van der Waals surface area contributed by atoms with E-state index >= 15 is 0 Å². The van der Waals surface area contributed by atoms with Gasteiger partial charge < -0.3 is 9.64 Å². The molecule has 4 heteroatoms. The van der Waals surface area contributed by atoms with Gasteiger partial charge in [0, 0.05) is 29.8 Å². The Kier molecular flexibility index (Phi) is 4.40. The number of rotatable bonds is 2. The molecular weight excluding hydrogens is 374 g/mol. The van der Waals surface area contributed by atoms with Crippen LogP contribution in [0.2, 0.25) is 0 Å². The topological polar surface area (TPSA) is 46.6 Å². The molecule has 4 nitrogen and oxygen atoms in total. The van der Waals surface area contributed by atoms with Gasteiger partial charge in [0.05, 0.1) is 6.42 Å². The SMILES string of the molecule is CC1OC(=O)CC12CC(C(=O)N1CC3(CCC(c4cccc(C(C)(C)C)c4)C3)C1)C2. The molecule has 2 atom stereocenters. The van der Waals surface area contributed by atoms with Crippen LogP contribution < -0.4 is 0 Å². The highest BCUT2D eigenvalue weighted by Gasteiger charge is 2.59. The number of hydrogen-bond donors (Lipinski definition) is 0. The van der Waals surface area contributed by atoms with Gasteiger partial charge in [-0.2, -0.15) is 0 Å². The summed E-state index contributed by atoms with van der Waals surface area (Å²) in [4.78, 5) is 26.7. The summed E-state index contributed by atoms with van der Waals surface area (Å²) in [5.41, 5.74) is 3.34. The second-order valence-electron chi connectivity index (χ2n) is 11.8. The third-order valence-electron chi connectivity index (χ3n) is 8.61. The van der Waals surface area contributed by atoms with Crippen LogP contribution in [0.15, 0.2) is 24.3 Å². The number of hydrogen-bond acceptors (Lipinski definition) is 3. The maximum atomic E-state index is 13.0. The monoisotopic (exact) mass is 409 g/mol. The lowest BCUT2D eigenvalue weighted by Crippen LogP contribution is -2.61. The standard InChI is InChI=1S/C26H35NO3/c1-17-26(14-22(28)30-17)12-20(13-26)23(29)27-15-25(16-27)9-8-19(11-25)18-6-5-7-21(10-18)24(2,3)4/h5-7,10,17,19-20H,8-9,11-16H2,1-4H3. The van der Waals surface area contributed by atoms with Gasteiger partial charge in [-0.3, -0.25) is 9.59 Å². The van der Waals surface area contributed by atoms with Crippen LogP contribution in [0.3, 0.4) is 0 Å². The molecule has 2 saturated carbocycles. The zero-order valence-electron chi connectivity index (χ0n) is 18.9. The van der Waals surface area contributed by atoms with Crippen molar-refractivity contribution < 1.29 is 14.3 Å². The number of likely N-dealkylation sites (tertiary alicyclic amines) is 1. The van der Waals surface area contributed by atoms with Crippen LogP contribution in [0, 0.1) is 16.7 Å². The van der Waals surface area contributed by atoms with Gasteiger partial charge in [-0.15, -0.1) is 0 Å². The van der Waals surface area contributed by atoms with Gasteiger partial charge in [-0.1, -0.05) is 45.0 Å². The Hall–Kier alpha value is -1.84. The van der Waals surface area contributed by atoms with Gasteiger partial charge in [-0.05, 0) is 61.5 Å². The molecule has 30 heavy (non-hydrogen) atoms. The molecule has 1 aromatic rings. The highest BCUT2D eigenvalue weighted by atomic mass is 16.6. The first-order chi connectivity index (χ1) is 14.1. The molecule has 2 aliphatic heterocycles. The van der Waals surface area contributed by atoms with Crippen molar-refractivity contribution in [3.05, 3.63) is 35.4 Å². The maximum absolute atomic E-state index is 13.0. The van der Waals surface area contributed by atoms with Crippen molar-refractivity contribution in [3.8, 4) is 0 Å². The lowest BCUT2D eigenvalue weighted by Gasteiger charge is -2.53. The molecule has 0 aromatic heterocycles. The highest BCUT2D eigenvalue weighted by Crippen LogP contribution is 2.57. The number of benzene rings is 1. The molecule has 2 spiro atoms. The fraction of sp³-hybridized carbons (Fsp3) is 0.692. The number of nitrogens with zero attached hydrogens (tertiary/aromatic N) is 1. The van der Waals surface area contributed by atoms with Crippen molar-refractivity contribution in [2.45, 2.75) is 83.7 Å². The van der Waals surface area contributed by atoms with Crippen LogP contribution in [-0.2, 0) is 19.7 Å². The first kappa shape index (κ1) is 20.1. The van der Waals surface area contributed by atoms with Gasteiger partial charge in [0.1, 0.15) is 6.10 Å². The molecule has 2 heterocycles. The largest absolute Gasteiger partial charge is 0.462 e. The molecule has 1 amide bonds. The minimum Gasteiger partial charge on any atom is -0.462 e. The lowest BCUT2D eigenvalue weighted by molar-refractivity contribution is -0.157. The van der Waals surface area contributed by atoms with Gasteiger partial charge in [0.25, 0.3) is 0 Å². The normalized spacial score (nSPS) is 34.7. The molecule has 2 saturated heterocycles. The minimum atomic E-state index is -0.0937. The number of amides is 1. The fourth-order valence-corrected chi connectivity index (χ4v) is 6.58. The number of carbonyl (C=O) groups is 2. The molecule has 0 radical (unpaired) electrons.